The van der Waals surface area contributed by atoms with Crippen LogP contribution in [0.25, 0.3) is 0 Å². The molecule has 1 aromatic carbocycles. The van der Waals surface area contributed by atoms with Crippen molar-refractivity contribution >= 4 is 27.4 Å². The number of hydrogen-bond acceptors (Lipinski definition) is 4. The van der Waals surface area contributed by atoms with Crippen molar-refractivity contribution in [1.29, 1.82) is 0 Å². The maximum atomic E-state index is 11.8. The highest BCUT2D eigenvalue weighted by molar-refractivity contribution is 7.92. The van der Waals surface area contributed by atoms with Gasteiger partial charge in [-0.25, -0.2) is 8.42 Å². The quantitative estimate of drug-likeness (QED) is 0.850. The molecule has 0 aromatic heterocycles. The molecule has 21 heavy (non-hydrogen) atoms. The number of benzene rings is 1. The van der Waals surface area contributed by atoms with Crippen LogP contribution in [0.1, 0.15) is 25.3 Å². The summed E-state index contributed by atoms with van der Waals surface area (Å²) in [4.78, 5) is 23.0. The lowest BCUT2D eigenvalue weighted by molar-refractivity contribution is -0.140. The van der Waals surface area contributed by atoms with Gasteiger partial charge in [0.25, 0.3) is 0 Å². The first-order chi connectivity index (χ1) is 9.67. The van der Waals surface area contributed by atoms with Gasteiger partial charge in [0.2, 0.25) is 5.91 Å². The Bertz CT molecular complexity index is 674. The highest BCUT2D eigenvalue weighted by Gasteiger charge is 2.51. The Labute approximate surface area is 123 Å². The fraction of sp³-hybridized carbons (Fsp3) is 0.429. The molecule has 1 atom stereocenters. The molecular weight excluding hydrogens is 294 g/mol. The van der Waals surface area contributed by atoms with E-state index in [0.29, 0.717) is 24.1 Å². The van der Waals surface area contributed by atoms with Crippen LogP contribution in [0.3, 0.4) is 0 Å². The first kappa shape index (κ1) is 15.5. The van der Waals surface area contributed by atoms with E-state index in [1.54, 1.807) is 24.3 Å². The van der Waals surface area contributed by atoms with Gasteiger partial charge in [0.1, 0.15) is 5.25 Å². The Morgan fingerprint density at radius 2 is 1.76 bits per heavy atom. The van der Waals surface area contributed by atoms with Gasteiger partial charge in [0.15, 0.2) is 9.84 Å². The Morgan fingerprint density at radius 3 is 2.14 bits per heavy atom. The summed E-state index contributed by atoms with van der Waals surface area (Å²) < 4.78 is 22.6. The largest absolute Gasteiger partial charge is 0.481 e. The smallest absolute Gasteiger partial charge is 0.314 e. The topological polar surface area (TPSA) is 101 Å². The number of sulfone groups is 1. The van der Waals surface area contributed by atoms with Crippen LogP contribution >= 0.6 is 0 Å². The lowest BCUT2D eigenvalue weighted by atomic mass is 9.96. The predicted molar refractivity (Wildman–Crippen MR) is 77.9 cm³/mol. The third-order valence-electron chi connectivity index (χ3n) is 3.88. The molecule has 1 aliphatic rings. The molecule has 1 fully saturated rings. The summed E-state index contributed by atoms with van der Waals surface area (Å²) in [5.41, 5.74) is 0.354. The maximum absolute atomic E-state index is 11.8. The van der Waals surface area contributed by atoms with Crippen molar-refractivity contribution in [3.63, 3.8) is 0 Å². The Kier molecular flexibility index (Phi) is 3.79. The number of nitrogens with one attached hydrogen (secondary N) is 1. The maximum Gasteiger partial charge on any atom is 0.314 e. The van der Waals surface area contributed by atoms with Gasteiger partial charge >= 0.3 is 5.97 Å². The minimum absolute atomic E-state index is 0.445. The average Bonchev–Trinajstić information content (AvgIpc) is 3.19. The molecule has 7 heteroatoms. The number of amides is 1. The standard InChI is InChI=1S/C14H17NO5S/c1-9(21(2,19)20)12(16)15-11-5-3-10(4-6-11)14(7-8-14)13(17)18/h3-6,9H,7-8H2,1-2H3,(H,15,16)(H,17,18). The van der Waals surface area contributed by atoms with Gasteiger partial charge < -0.3 is 10.4 Å². The molecule has 0 heterocycles. The molecule has 0 spiro atoms. The van der Waals surface area contributed by atoms with Crippen LogP contribution in [-0.4, -0.2) is 36.9 Å². The summed E-state index contributed by atoms with van der Waals surface area (Å²) in [6.07, 6.45) is 2.22. The van der Waals surface area contributed by atoms with E-state index in [-0.39, 0.29) is 0 Å². The fourth-order valence-corrected chi connectivity index (χ4v) is 2.51. The van der Waals surface area contributed by atoms with Crippen LogP contribution in [0, 0.1) is 0 Å². The summed E-state index contributed by atoms with van der Waals surface area (Å²) in [5.74, 6) is -1.45. The molecule has 114 valence electrons. The molecule has 1 saturated carbocycles. The second-order valence-electron chi connectivity index (χ2n) is 5.43. The Morgan fingerprint density at radius 1 is 1.24 bits per heavy atom. The summed E-state index contributed by atoms with van der Waals surface area (Å²) in [6.45, 7) is 1.32. The molecule has 6 nitrogen and oxygen atoms in total. The van der Waals surface area contributed by atoms with Crippen molar-refractivity contribution < 1.29 is 23.1 Å². The van der Waals surface area contributed by atoms with Gasteiger partial charge in [0, 0.05) is 11.9 Å². The normalized spacial score (nSPS) is 17.8. The zero-order valence-corrected chi connectivity index (χ0v) is 12.6. The highest BCUT2D eigenvalue weighted by atomic mass is 32.2. The van der Waals surface area contributed by atoms with Crippen LogP contribution in [0.5, 0.6) is 0 Å². The lowest BCUT2D eigenvalue weighted by Gasteiger charge is -2.13. The number of anilines is 1. The predicted octanol–water partition coefficient (Wildman–Crippen LogP) is 1.17. The molecule has 0 saturated heterocycles. The fourth-order valence-electron chi connectivity index (χ4n) is 2.06. The van der Waals surface area contributed by atoms with E-state index >= 15 is 0 Å². The highest BCUT2D eigenvalue weighted by Crippen LogP contribution is 2.48. The number of aliphatic carboxylic acids is 1. The Balaban J connectivity index is 2.11. The second-order valence-corrected chi connectivity index (χ2v) is 7.79. The van der Waals surface area contributed by atoms with Gasteiger partial charge in [-0.2, -0.15) is 0 Å². The van der Waals surface area contributed by atoms with Crippen molar-refractivity contribution in [3.05, 3.63) is 29.8 Å². The summed E-state index contributed by atoms with van der Waals surface area (Å²) in [5, 5.41) is 10.6. The molecule has 1 amide bonds. The van der Waals surface area contributed by atoms with Crippen LogP contribution in [0.4, 0.5) is 5.69 Å². The van der Waals surface area contributed by atoms with E-state index in [9.17, 15) is 23.1 Å². The monoisotopic (exact) mass is 311 g/mol. The van der Waals surface area contributed by atoms with Crippen LogP contribution in [-0.2, 0) is 24.8 Å². The number of hydrogen-bond donors (Lipinski definition) is 2. The minimum atomic E-state index is -3.44. The molecule has 0 radical (unpaired) electrons. The number of carboxylic acids is 1. The number of carboxylic acid groups (broad SMARTS) is 1. The third kappa shape index (κ3) is 3.07. The van der Waals surface area contributed by atoms with Crippen molar-refractivity contribution in [2.45, 2.75) is 30.4 Å². The number of carbonyl (C=O) groups is 2. The second kappa shape index (κ2) is 5.14. The first-order valence-electron chi connectivity index (χ1n) is 6.50. The van der Waals surface area contributed by atoms with E-state index in [2.05, 4.69) is 5.32 Å². The van der Waals surface area contributed by atoms with Gasteiger partial charge in [-0.15, -0.1) is 0 Å². The lowest BCUT2D eigenvalue weighted by Crippen LogP contribution is -2.31. The van der Waals surface area contributed by atoms with Gasteiger partial charge in [-0.1, -0.05) is 12.1 Å². The average molecular weight is 311 g/mol. The van der Waals surface area contributed by atoms with Gasteiger partial charge in [-0.05, 0) is 37.5 Å². The summed E-state index contributed by atoms with van der Waals surface area (Å²) >= 11 is 0. The van der Waals surface area contributed by atoms with E-state index in [4.69, 9.17) is 0 Å². The molecule has 2 N–H and O–H groups in total. The van der Waals surface area contributed by atoms with E-state index in [1.807, 2.05) is 0 Å². The van der Waals surface area contributed by atoms with Crippen molar-refractivity contribution in [1.82, 2.24) is 0 Å². The van der Waals surface area contributed by atoms with Crippen molar-refractivity contribution in [2.24, 2.45) is 0 Å². The summed E-state index contributed by atoms with van der Waals surface area (Å²) in [7, 11) is -3.44. The van der Waals surface area contributed by atoms with Gasteiger partial charge in [0.05, 0.1) is 5.41 Å². The van der Waals surface area contributed by atoms with E-state index < -0.39 is 32.4 Å². The molecular formula is C14H17NO5S. The first-order valence-corrected chi connectivity index (χ1v) is 8.46. The summed E-state index contributed by atoms with van der Waals surface area (Å²) in [6, 6.07) is 6.49. The minimum Gasteiger partial charge on any atom is -0.481 e. The van der Waals surface area contributed by atoms with E-state index in [0.717, 1.165) is 6.26 Å². The zero-order chi connectivity index (χ0) is 15.8. The molecule has 0 aliphatic heterocycles. The van der Waals surface area contributed by atoms with Crippen LogP contribution < -0.4 is 5.32 Å². The van der Waals surface area contributed by atoms with Crippen LogP contribution in [0.2, 0.25) is 0 Å². The molecule has 1 aliphatic carbocycles. The third-order valence-corrected chi connectivity index (χ3v) is 5.37. The zero-order valence-electron chi connectivity index (χ0n) is 11.8. The Hall–Kier alpha value is -1.89. The van der Waals surface area contributed by atoms with Crippen molar-refractivity contribution in [2.75, 3.05) is 11.6 Å². The van der Waals surface area contributed by atoms with Crippen molar-refractivity contribution in [3.8, 4) is 0 Å². The van der Waals surface area contributed by atoms with E-state index in [1.165, 1.54) is 6.92 Å². The van der Waals surface area contributed by atoms with Gasteiger partial charge in [-0.3, -0.25) is 9.59 Å². The SMILES string of the molecule is CC(C(=O)Nc1ccc(C2(C(=O)O)CC2)cc1)S(C)(=O)=O. The molecule has 0 bridgehead atoms. The number of rotatable bonds is 5. The molecule has 2 rings (SSSR count). The number of carbonyl (C=O) groups excluding carboxylic acids is 1. The van der Waals surface area contributed by atoms with Crippen LogP contribution in [0.15, 0.2) is 24.3 Å². The molecule has 1 aromatic rings. The molecule has 1 unspecified atom stereocenters.